The van der Waals surface area contributed by atoms with Gasteiger partial charge in [0.15, 0.2) is 0 Å². The molecule has 1 N–H and O–H groups in total. The summed E-state index contributed by atoms with van der Waals surface area (Å²) in [5.41, 5.74) is -0.761. The smallest absolute Gasteiger partial charge is 0.416 e. The molecule has 0 saturated carbocycles. The van der Waals surface area contributed by atoms with Gasteiger partial charge in [0.2, 0.25) is 0 Å². The number of hydrogen-bond donors (Lipinski definition) is 1. The molecule has 1 unspecified atom stereocenters. The topological polar surface area (TPSA) is 77.5 Å². The van der Waals surface area contributed by atoms with E-state index in [1.807, 2.05) is 13.8 Å². The monoisotopic (exact) mass is 450 g/mol. The minimum Gasteiger partial charge on any atom is -0.425 e. The minimum absolute atomic E-state index is 0.00937. The summed E-state index contributed by atoms with van der Waals surface area (Å²) in [7, 11) is 0. The number of aromatic nitrogens is 1. The summed E-state index contributed by atoms with van der Waals surface area (Å²) in [5.74, 6) is -1.26. The molecule has 0 aliphatic carbocycles. The zero-order valence-electron chi connectivity index (χ0n) is 18.0. The molecule has 0 saturated heterocycles. The Morgan fingerprint density at radius 1 is 1.16 bits per heavy atom. The van der Waals surface area contributed by atoms with Gasteiger partial charge in [0.25, 0.3) is 6.29 Å². The molecular weight excluding hydrogens is 425 g/mol. The maximum atomic E-state index is 13.0. The number of nitrogens with zero attached hydrogens (tertiary/aromatic N) is 1. The van der Waals surface area contributed by atoms with E-state index in [0.29, 0.717) is 0 Å². The molecule has 1 aromatic carbocycles. The van der Waals surface area contributed by atoms with Crippen LogP contribution in [0.15, 0.2) is 54.7 Å². The van der Waals surface area contributed by atoms with Gasteiger partial charge < -0.3 is 14.8 Å². The van der Waals surface area contributed by atoms with Crippen LogP contribution in [0.4, 0.5) is 24.7 Å². The van der Waals surface area contributed by atoms with Crippen LogP contribution in [0, 0.1) is 5.92 Å². The second-order valence-electron chi connectivity index (χ2n) is 7.33. The van der Waals surface area contributed by atoms with Crippen LogP contribution in [-0.2, 0) is 20.4 Å². The lowest BCUT2D eigenvalue weighted by Gasteiger charge is -2.19. The van der Waals surface area contributed by atoms with E-state index in [1.54, 1.807) is 19.1 Å². The van der Waals surface area contributed by atoms with Gasteiger partial charge in [0.05, 0.1) is 5.56 Å². The first-order chi connectivity index (χ1) is 15.1. The molecule has 1 heterocycles. The Kier molecular flexibility index (Phi) is 8.80. The molecular formula is C23H25F3N2O4. The van der Waals surface area contributed by atoms with Crippen LogP contribution >= 0.6 is 0 Å². The zero-order chi connectivity index (χ0) is 23.7. The summed E-state index contributed by atoms with van der Waals surface area (Å²) in [5, 5.41) is 2.72. The SMILES string of the molecule is C/C=C\CC(OC(=O)CC(C)C)OC(=O)c1cccnc1Nc1cccc(C(F)(F)F)c1. The summed E-state index contributed by atoms with van der Waals surface area (Å²) in [6.45, 7) is 5.48. The number of carbonyl (C=O) groups excluding carboxylic acids is 2. The van der Waals surface area contributed by atoms with Gasteiger partial charge in [-0.05, 0) is 43.2 Å². The van der Waals surface area contributed by atoms with E-state index < -0.39 is 30.0 Å². The summed E-state index contributed by atoms with van der Waals surface area (Å²) in [6, 6.07) is 7.41. The third-order valence-corrected chi connectivity index (χ3v) is 4.12. The first kappa shape index (κ1) is 24.9. The first-order valence-electron chi connectivity index (χ1n) is 10.0. The number of rotatable bonds is 9. The number of benzene rings is 1. The van der Waals surface area contributed by atoms with Crippen molar-refractivity contribution in [1.29, 1.82) is 0 Å². The summed E-state index contributed by atoms with van der Waals surface area (Å²) in [6.07, 6.45) is -0.544. The number of anilines is 2. The van der Waals surface area contributed by atoms with E-state index in [1.165, 1.54) is 30.5 Å². The van der Waals surface area contributed by atoms with Crippen molar-refractivity contribution in [2.45, 2.75) is 46.1 Å². The van der Waals surface area contributed by atoms with Gasteiger partial charge >= 0.3 is 18.1 Å². The summed E-state index contributed by atoms with van der Waals surface area (Å²) in [4.78, 5) is 28.8. The fourth-order valence-corrected chi connectivity index (χ4v) is 2.66. The molecule has 0 radical (unpaired) electrons. The number of alkyl halides is 3. The van der Waals surface area contributed by atoms with Crippen LogP contribution in [0.2, 0.25) is 0 Å². The molecule has 0 amide bonds. The van der Waals surface area contributed by atoms with Gasteiger partial charge in [-0.25, -0.2) is 9.78 Å². The highest BCUT2D eigenvalue weighted by Gasteiger charge is 2.30. The van der Waals surface area contributed by atoms with Crippen molar-refractivity contribution in [3.63, 3.8) is 0 Å². The third-order valence-electron chi connectivity index (χ3n) is 4.12. The van der Waals surface area contributed by atoms with E-state index >= 15 is 0 Å². The molecule has 0 bridgehead atoms. The lowest BCUT2D eigenvalue weighted by molar-refractivity contribution is -0.168. The molecule has 0 aliphatic heterocycles. The standard InChI is InChI=1S/C23H25F3N2O4/c1-4-5-11-20(31-19(29)13-15(2)3)32-22(30)18-10-7-12-27-21(18)28-17-9-6-8-16(14-17)23(24,25)26/h4-10,12,14-15,20H,11,13H2,1-3H3,(H,27,28)/b5-4-. The van der Waals surface area contributed by atoms with Crippen molar-refractivity contribution >= 4 is 23.4 Å². The van der Waals surface area contributed by atoms with Gasteiger partial charge in [-0.2, -0.15) is 13.2 Å². The van der Waals surface area contributed by atoms with Crippen LogP contribution < -0.4 is 5.32 Å². The van der Waals surface area contributed by atoms with Crippen molar-refractivity contribution in [3.05, 3.63) is 65.9 Å². The second-order valence-corrected chi connectivity index (χ2v) is 7.33. The lowest BCUT2D eigenvalue weighted by Crippen LogP contribution is -2.25. The van der Waals surface area contributed by atoms with E-state index in [2.05, 4.69) is 10.3 Å². The van der Waals surface area contributed by atoms with Crippen molar-refractivity contribution in [1.82, 2.24) is 4.98 Å². The summed E-state index contributed by atoms with van der Waals surface area (Å²) >= 11 is 0. The average molecular weight is 450 g/mol. The Bertz CT molecular complexity index is 958. The quantitative estimate of drug-likeness (QED) is 0.292. The molecule has 9 heteroatoms. The van der Waals surface area contributed by atoms with E-state index in [9.17, 15) is 22.8 Å². The minimum atomic E-state index is -4.51. The van der Waals surface area contributed by atoms with Gasteiger partial charge in [-0.3, -0.25) is 4.79 Å². The van der Waals surface area contributed by atoms with E-state index in [0.717, 1.165) is 12.1 Å². The van der Waals surface area contributed by atoms with Crippen molar-refractivity contribution in [3.8, 4) is 0 Å². The molecule has 2 rings (SSSR count). The molecule has 2 aromatic rings. The Hall–Kier alpha value is -3.36. The molecule has 1 aromatic heterocycles. The fraction of sp³-hybridized carbons (Fsp3) is 0.348. The number of pyridine rings is 1. The predicted molar refractivity (Wildman–Crippen MR) is 113 cm³/mol. The molecule has 172 valence electrons. The maximum absolute atomic E-state index is 13.0. The highest BCUT2D eigenvalue weighted by atomic mass is 19.4. The van der Waals surface area contributed by atoms with Crippen molar-refractivity contribution in [2.24, 2.45) is 5.92 Å². The summed E-state index contributed by atoms with van der Waals surface area (Å²) < 4.78 is 49.6. The Labute approximate surface area is 184 Å². The Balaban J connectivity index is 2.20. The van der Waals surface area contributed by atoms with Crippen LogP contribution in [0.1, 0.15) is 49.5 Å². The molecule has 32 heavy (non-hydrogen) atoms. The van der Waals surface area contributed by atoms with Gasteiger partial charge in [-0.1, -0.05) is 32.1 Å². The Morgan fingerprint density at radius 3 is 2.56 bits per heavy atom. The molecule has 1 atom stereocenters. The van der Waals surface area contributed by atoms with Crippen LogP contribution in [0.25, 0.3) is 0 Å². The van der Waals surface area contributed by atoms with Gasteiger partial charge in [0.1, 0.15) is 11.4 Å². The zero-order valence-corrected chi connectivity index (χ0v) is 18.0. The normalized spacial score (nSPS) is 12.6. The largest absolute Gasteiger partial charge is 0.425 e. The average Bonchev–Trinajstić information content (AvgIpc) is 2.71. The number of hydrogen-bond acceptors (Lipinski definition) is 6. The highest BCUT2D eigenvalue weighted by molar-refractivity contribution is 5.95. The number of esters is 2. The van der Waals surface area contributed by atoms with Crippen LogP contribution in [0.5, 0.6) is 0 Å². The molecule has 6 nitrogen and oxygen atoms in total. The third kappa shape index (κ3) is 7.72. The number of carbonyl (C=O) groups is 2. The van der Waals surface area contributed by atoms with Gasteiger partial charge in [0, 0.05) is 24.7 Å². The van der Waals surface area contributed by atoms with E-state index in [4.69, 9.17) is 9.47 Å². The lowest BCUT2D eigenvalue weighted by atomic mass is 10.1. The van der Waals surface area contributed by atoms with Crippen molar-refractivity contribution < 1.29 is 32.2 Å². The number of halogens is 3. The molecule has 0 spiro atoms. The van der Waals surface area contributed by atoms with Crippen molar-refractivity contribution in [2.75, 3.05) is 5.32 Å². The van der Waals surface area contributed by atoms with E-state index in [-0.39, 0.29) is 35.8 Å². The highest BCUT2D eigenvalue weighted by Crippen LogP contribution is 2.31. The first-order valence-corrected chi connectivity index (χ1v) is 10.0. The van der Waals surface area contributed by atoms with Crippen LogP contribution in [0.3, 0.4) is 0 Å². The Morgan fingerprint density at radius 2 is 1.91 bits per heavy atom. The predicted octanol–water partition coefficient (Wildman–Crippen LogP) is 5.88. The molecule has 0 aliphatic rings. The number of ether oxygens (including phenoxy) is 2. The van der Waals surface area contributed by atoms with Crippen LogP contribution in [-0.4, -0.2) is 23.2 Å². The maximum Gasteiger partial charge on any atom is 0.416 e. The number of allylic oxidation sites excluding steroid dienone is 1. The fourth-order valence-electron chi connectivity index (χ4n) is 2.66. The number of nitrogens with one attached hydrogen (secondary N) is 1. The second kappa shape index (κ2) is 11.3. The molecule has 0 fully saturated rings. The van der Waals surface area contributed by atoms with Gasteiger partial charge in [-0.15, -0.1) is 0 Å².